The van der Waals surface area contributed by atoms with E-state index < -0.39 is 11.7 Å². The molecule has 1 atom stereocenters. The van der Waals surface area contributed by atoms with Gasteiger partial charge in [-0.1, -0.05) is 0 Å². The van der Waals surface area contributed by atoms with Crippen molar-refractivity contribution in [1.29, 1.82) is 0 Å². The molecule has 1 heterocycles. The van der Waals surface area contributed by atoms with Gasteiger partial charge >= 0.3 is 6.18 Å². The number of morpholine rings is 1. The molecule has 2 rings (SSSR count). The van der Waals surface area contributed by atoms with Gasteiger partial charge in [0.05, 0.1) is 18.3 Å². The van der Waals surface area contributed by atoms with Gasteiger partial charge in [-0.25, -0.2) is 0 Å². The fourth-order valence-electron chi connectivity index (χ4n) is 2.15. The summed E-state index contributed by atoms with van der Waals surface area (Å²) in [5.41, 5.74) is -0.532. The van der Waals surface area contributed by atoms with Gasteiger partial charge in [-0.15, -0.1) is 0 Å². The van der Waals surface area contributed by atoms with Crippen molar-refractivity contribution < 1.29 is 22.7 Å². The van der Waals surface area contributed by atoms with E-state index in [1.54, 1.807) is 7.05 Å². The molecule has 7 heteroatoms. The van der Waals surface area contributed by atoms with Crippen molar-refractivity contribution in [1.82, 2.24) is 10.2 Å². The van der Waals surface area contributed by atoms with Crippen molar-refractivity contribution in [2.24, 2.45) is 0 Å². The van der Waals surface area contributed by atoms with Crippen LogP contribution in [0.3, 0.4) is 0 Å². The van der Waals surface area contributed by atoms with E-state index in [0.717, 1.165) is 18.7 Å². The van der Waals surface area contributed by atoms with E-state index in [0.29, 0.717) is 19.7 Å². The van der Waals surface area contributed by atoms with Gasteiger partial charge in [0, 0.05) is 32.2 Å². The second-order valence-corrected chi connectivity index (χ2v) is 4.96. The number of likely N-dealkylation sites (N-methyl/N-ethyl adjacent to an activating group) is 1. The van der Waals surface area contributed by atoms with Gasteiger partial charge in [-0.2, -0.15) is 13.2 Å². The molecule has 0 saturated carbocycles. The normalized spacial score (nSPS) is 19.3. The lowest BCUT2D eigenvalue weighted by Gasteiger charge is -2.28. The van der Waals surface area contributed by atoms with Crippen LogP contribution < -0.4 is 5.32 Å². The first-order chi connectivity index (χ1) is 9.88. The standard InChI is InChI=1S/C14H17F3N2O2/c1-19(9-12-8-18-6-7-21-12)13(20)10-2-4-11(5-3-10)14(15,16)17/h2-5,12,18H,6-9H2,1H3. The summed E-state index contributed by atoms with van der Waals surface area (Å²) in [4.78, 5) is 13.6. The van der Waals surface area contributed by atoms with E-state index in [-0.39, 0.29) is 17.6 Å². The van der Waals surface area contributed by atoms with E-state index in [1.165, 1.54) is 17.0 Å². The van der Waals surface area contributed by atoms with Gasteiger partial charge in [-0.05, 0) is 24.3 Å². The SMILES string of the molecule is CN(CC1CNCCO1)C(=O)c1ccc(C(F)(F)F)cc1. The highest BCUT2D eigenvalue weighted by Gasteiger charge is 2.30. The summed E-state index contributed by atoms with van der Waals surface area (Å²) in [6.45, 7) is 2.43. The molecule has 0 aliphatic carbocycles. The first-order valence-corrected chi connectivity index (χ1v) is 6.63. The highest BCUT2D eigenvalue weighted by molar-refractivity contribution is 5.94. The number of carbonyl (C=O) groups excluding carboxylic acids is 1. The van der Waals surface area contributed by atoms with Crippen molar-refractivity contribution in [3.05, 3.63) is 35.4 Å². The Morgan fingerprint density at radius 2 is 2.05 bits per heavy atom. The highest BCUT2D eigenvalue weighted by atomic mass is 19.4. The molecule has 1 aromatic rings. The van der Waals surface area contributed by atoms with Crippen LogP contribution >= 0.6 is 0 Å². The van der Waals surface area contributed by atoms with E-state index in [2.05, 4.69) is 5.32 Å². The Labute approximate surface area is 120 Å². The maximum Gasteiger partial charge on any atom is 0.416 e. The molecule has 1 fully saturated rings. The number of ether oxygens (including phenoxy) is 1. The first-order valence-electron chi connectivity index (χ1n) is 6.63. The molecule has 0 spiro atoms. The monoisotopic (exact) mass is 302 g/mol. The van der Waals surface area contributed by atoms with E-state index in [1.807, 2.05) is 0 Å². The Balaban J connectivity index is 1.98. The van der Waals surface area contributed by atoms with Crippen molar-refractivity contribution >= 4 is 5.91 Å². The van der Waals surface area contributed by atoms with Crippen LogP contribution in [-0.4, -0.2) is 50.2 Å². The molecule has 1 aromatic carbocycles. The van der Waals surface area contributed by atoms with Gasteiger partial charge in [0.2, 0.25) is 0 Å². The summed E-state index contributed by atoms with van der Waals surface area (Å²) in [5.74, 6) is -0.321. The number of hydrogen-bond donors (Lipinski definition) is 1. The summed E-state index contributed by atoms with van der Waals surface area (Å²) >= 11 is 0. The number of hydrogen-bond acceptors (Lipinski definition) is 3. The summed E-state index contributed by atoms with van der Waals surface area (Å²) in [6, 6.07) is 4.22. The smallest absolute Gasteiger partial charge is 0.374 e. The van der Waals surface area contributed by atoms with Gasteiger partial charge in [-0.3, -0.25) is 4.79 Å². The first kappa shape index (κ1) is 15.8. The number of benzene rings is 1. The predicted molar refractivity (Wildman–Crippen MR) is 71.0 cm³/mol. The van der Waals surface area contributed by atoms with E-state index in [4.69, 9.17) is 4.74 Å². The Kier molecular flexibility index (Phi) is 4.84. The number of rotatable bonds is 3. The molecule has 21 heavy (non-hydrogen) atoms. The van der Waals surface area contributed by atoms with Crippen LogP contribution in [0.2, 0.25) is 0 Å². The van der Waals surface area contributed by atoms with Crippen LogP contribution in [0.5, 0.6) is 0 Å². The van der Waals surface area contributed by atoms with Crippen LogP contribution in [-0.2, 0) is 10.9 Å². The Bertz CT molecular complexity index is 482. The number of halogens is 3. The van der Waals surface area contributed by atoms with Crippen LogP contribution in [0.1, 0.15) is 15.9 Å². The molecule has 4 nitrogen and oxygen atoms in total. The Morgan fingerprint density at radius 3 is 2.57 bits per heavy atom. The second kappa shape index (κ2) is 6.44. The lowest BCUT2D eigenvalue weighted by Crippen LogP contribution is -2.45. The highest BCUT2D eigenvalue weighted by Crippen LogP contribution is 2.29. The minimum absolute atomic E-state index is 0.0952. The zero-order valence-corrected chi connectivity index (χ0v) is 11.6. The summed E-state index contributed by atoms with van der Waals surface area (Å²) in [6.07, 6.45) is -4.49. The summed E-state index contributed by atoms with van der Waals surface area (Å²) in [5, 5.41) is 3.15. The van der Waals surface area contributed by atoms with Crippen LogP contribution in [0.15, 0.2) is 24.3 Å². The van der Waals surface area contributed by atoms with Gasteiger partial charge in [0.1, 0.15) is 0 Å². The number of carbonyl (C=O) groups is 1. The molecule has 0 radical (unpaired) electrons. The molecule has 1 unspecified atom stereocenters. The molecule has 0 aromatic heterocycles. The van der Waals surface area contributed by atoms with Crippen molar-refractivity contribution in [3.63, 3.8) is 0 Å². The topological polar surface area (TPSA) is 41.6 Å². The number of nitrogens with one attached hydrogen (secondary N) is 1. The zero-order chi connectivity index (χ0) is 15.5. The maximum absolute atomic E-state index is 12.5. The lowest BCUT2D eigenvalue weighted by molar-refractivity contribution is -0.137. The van der Waals surface area contributed by atoms with Gasteiger partial charge in [0.15, 0.2) is 0 Å². The second-order valence-electron chi connectivity index (χ2n) is 4.96. The fourth-order valence-corrected chi connectivity index (χ4v) is 2.15. The van der Waals surface area contributed by atoms with Crippen LogP contribution in [0.25, 0.3) is 0 Å². The minimum atomic E-state index is -4.39. The fraction of sp³-hybridized carbons (Fsp3) is 0.500. The molecule has 1 saturated heterocycles. The third-order valence-electron chi connectivity index (χ3n) is 3.29. The predicted octanol–water partition coefficient (Wildman–Crippen LogP) is 1.77. The number of nitrogens with zero attached hydrogens (tertiary/aromatic N) is 1. The van der Waals surface area contributed by atoms with Crippen LogP contribution in [0.4, 0.5) is 13.2 Å². The van der Waals surface area contributed by atoms with Crippen LogP contribution in [0, 0.1) is 0 Å². The third-order valence-corrected chi connectivity index (χ3v) is 3.29. The molecule has 1 amide bonds. The van der Waals surface area contributed by atoms with Gasteiger partial charge in [0.25, 0.3) is 5.91 Å². The largest absolute Gasteiger partial charge is 0.416 e. The van der Waals surface area contributed by atoms with E-state index >= 15 is 0 Å². The number of amides is 1. The molecular formula is C14H17F3N2O2. The van der Waals surface area contributed by atoms with Crippen molar-refractivity contribution in [3.8, 4) is 0 Å². The Morgan fingerprint density at radius 1 is 1.38 bits per heavy atom. The lowest BCUT2D eigenvalue weighted by atomic mass is 10.1. The minimum Gasteiger partial charge on any atom is -0.374 e. The molecule has 0 bridgehead atoms. The summed E-state index contributed by atoms with van der Waals surface area (Å²) < 4.78 is 42.9. The third kappa shape index (κ3) is 4.18. The Hall–Kier alpha value is -1.60. The zero-order valence-electron chi connectivity index (χ0n) is 11.6. The molecular weight excluding hydrogens is 285 g/mol. The summed E-state index contributed by atoms with van der Waals surface area (Å²) in [7, 11) is 1.61. The molecule has 1 N–H and O–H groups in total. The average Bonchev–Trinajstić information content (AvgIpc) is 2.46. The van der Waals surface area contributed by atoms with Gasteiger partial charge < -0.3 is 15.0 Å². The molecule has 1 aliphatic rings. The number of alkyl halides is 3. The van der Waals surface area contributed by atoms with Crippen molar-refractivity contribution in [2.75, 3.05) is 33.3 Å². The molecule has 1 aliphatic heterocycles. The van der Waals surface area contributed by atoms with Crippen molar-refractivity contribution in [2.45, 2.75) is 12.3 Å². The quantitative estimate of drug-likeness (QED) is 0.925. The molecule has 116 valence electrons. The van der Waals surface area contributed by atoms with E-state index in [9.17, 15) is 18.0 Å². The average molecular weight is 302 g/mol. The maximum atomic E-state index is 12.5.